The molecule has 0 atom stereocenters. The van der Waals surface area contributed by atoms with Crippen LogP contribution in [0.2, 0.25) is 0 Å². The number of hydrogen-bond acceptors (Lipinski definition) is 6. The van der Waals surface area contributed by atoms with Gasteiger partial charge in [0, 0.05) is 24.3 Å². The average molecular weight is 293 g/mol. The molecule has 0 amide bonds. The van der Waals surface area contributed by atoms with E-state index in [0.29, 0.717) is 37.9 Å². The van der Waals surface area contributed by atoms with Crippen LogP contribution < -0.4 is 9.64 Å². The number of aromatic nitrogens is 1. The molecular formula is C10H13ClN2O4S. The highest BCUT2D eigenvalue weighted by Gasteiger charge is 2.22. The second kappa shape index (κ2) is 5.29. The van der Waals surface area contributed by atoms with Crippen LogP contribution in [0, 0.1) is 0 Å². The molecule has 0 fully saturated rings. The Labute approximate surface area is 110 Å². The minimum atomic E-state index is -3.78. The summed E-state index contributed by atoms with van der Waals surface area (Å²) in [5.41, 5.74) is 0.625. The molecule has 6 nitrogen and oxygen atoms in total. The molecule has 8 heteroatoms. The van der Waals surface area contributed by atoms with Gasteiger partial charge in [0.05, 0.1) is 19.3 Å². The first kappa shape index (κ1) is 13.4. The van der Waals surface area contributed by atoms with Gasteiger partial charge in [-0.25, -0.2) is 13.4 Å². The molecule has 0 saturated carbocycles. The van der Waals surface area contributed by atoms with Crippen molar-refractivity contribution in [3.63, 3.8) is 0 Å². The van der Waals surface area contributed by atoms with Crippen LogP contribution >= 0.6 is 10.7 Å². The summed E-state index contributed by atoms with van der Waals surface area (Å²) in [4.78, 5) is 5.90. The van der Waals surface area contributed by atoms with Gasteiger partial charge in [0.1, 0.15) is 17.2 Å². The summed E-state index contributed by atoms with van der Waals surface area (Å²) in [6.45, 7) is 2.35. The number of hydrogen-bond donors (Lipinski definition) is 0. The molecule has 0 spiro atoms. The van der Waals surface area contributed by atoms with Crippen molar-refractivity contribution in [2.45, 2.75) is 4.90 Å². The standard InChI is InChI=1S/C10H13ClN2O4S/c1-16-4-2-13-3-5-17-10-9(13)6-8(7-12-10)18(11,14)15/h6-7H,2-5H2,1H3. The first-order valence-electron chi connectivity index (χ1n) is 5.34. The van der Waals surface area contributed by atoms with E-state index in [-0.39, 0.29) is 4.90 Å². The molecule has 100 valence electrons. The fourth-order valence-corrected chi connectivity index (χ4v) is 2.38. The van der Waals surface area contributed by atoms with Crippen molar-refractivity contribution >= 4 is 25.4 Å². The number of methoxy groups -OCH3 is 1. The smallest absolute Gasteiger partial charge is 0.262 e. The van der Waals surface area contributed by atoms with Crippen LogP contribution in [0.3, 0.4) is 0 Å². The average Bonchev–Trinajstić information content (AvgIpc) is 2.34. The van der Waals surface area contributed by atoms with Crippen molar-refractivity contribution in [1.82, 2.24) is 4.98 Å². The highest BCUT2D eigenvalue weighted by Crippen LogP contribution is 2.31. The number of anilines is 1. The van der Waals surface area contributed by atoms with Gasteiger partial charge in [0.25, 0.3) is 9.05 Å². The minimum Gasteiger partial charge on any atom is -0.474 e. The lowest BCUT2D eigenvalue weighted by Crippen LogP contribution is -2.35. The topological polar surface area (TPSA) is 68.7 Å². The van der Waals surface area contributed by atoms with Gasteiger partial charge in [-0.2, -0.15) is 0 Å². The van der Waals surface area contributed by atoms with Crippen molar-refractivity contribution in [2.75, 3.05) is 38.3 Å². The third-order valence-corrected chi connectivity index (χ3v) is 3.92. The summed E-state index contributed by atoms with van der Waals surface area (Å²) in [5, 5.41) is 0. The predicted octanol–water partition coefficient (Wildman–Crippen LogP) is 0.854. The normalized spacial score (nSPS) is 15.1. The van der Waals surface area contributed by atoms with Gasteiger partial charge in [0.15, 0.2) is 0 Å². The fourth-order valence-electron chi connectivity index (χ4n) is 1.70. The lowest BCUT2D eigenvalue weighted by atomic mass is 10.3. The number of halogens is 1. The second-order valence-electron chi connectivity index (χ2n) is 3.76. The Morgan fingerprint density at radius 3 is 3.06 bits per heavy atom. The first-order valence-corrected chi connectivity index (χ1v) is 7.64. The first-order chi connectivity index (χ1) is 8.52. The molecule has 1 aromatic rings. The second-order valence-corrected chi connectivity index (χ2v) is 6.33. The molecule has 1 aliphatic heterocycles. The molecule has 0 aromatic carbocycles. The van der Waals surface area contributed by atoms with E-state index in [4.69, 9.17) is 20.2 Å². The van der Waals surface area contributed by atoms with Crippen LogP contribution in [0.15, 0.2) is 17.2 Å². The SMILES string of the molecule is COCCN1CCOc2ncc(S(=O)(=O)Cl)cc21. The molecule has 0 saturated heterocycles. The Hall–Kier alpha value is -1.05. The van der Waals surface area contributed by atoms with Crippen LogP contribution in [-0.4, -0.2) is 46.8 Å². The van der Waals surface area contributed by atoms with E-state index in [9.17, 15) is 8.42 Å². The Bertz CT molecular complexity index is 535. The Morgan fingerprint density at radius 1 is 1.61 bits per heavy atom. The van der Waals surface area contributed by atoms with Crippen LogP contribution in [-0.2, 0) is 13.8 Å². The number of pyridine rings is 1. The van der Waals surface area contributed by atoms with Gasteiger partial charge in [-0.3, -0.25) is 0 Å². The highest BCUT2D eigenvalue weighted by molar-refractivity contribution is 8.13. The maximum atomic E-state index is 11.3. The largest absolute Gasteiger partial charge is 0.474 e. The van der Waals surface area contributed by atoms with Gasteiger partial charge in [-0.05, 0) is 6.07 Å². The molecule has 0 bridgehead atoms. The van der Waals surface area contributed by atoms with Crippen LogP contribution in [0.25, 0.3) is 0 Å². The van der Waals surface area contributed by atoms with Crippen molar-refractivity contribution in [3.05, 3.63) is 12.3 Å². The third kappa shape index (κ3) is 2.85. The van der Waals surface area contributed by atoms with E-state index < -0.39 is 9.05 Å². The Balaban J connectivity index is 2.35. The maximum absolute atomic E-state index is 11.3. The van der Waals surface area contributed by atoms with Crippen molar-refractivity contribution in [1.29, 1.82) is 0 Å². The van der Waals surface area contributed by atoms with E-state index in [2.05, 4.69) is 4.98 Å². The number of rotatable bonds is 4. The quantitative estimate of drug-likeness (QED) is 0.767. The van der Waals surface area contributed by atoms with Crippen LogP contribution in [0.5, 0.6) is 5.88 Å². The van der Waals surface area contributed by atoms with Crippen molar-refractivity contribution in [3.8, 4) is 5.88 Å². The van der Waals surface area contributed by atoms with Crippen LogP contribution in [0.1, 0.15) is 0 Å². The highest BCUT2D eigenvalue weighted by atomic mass is 35.7. The molecule has 1 aromatic heterocycles. The monoisotopic (exact) mass is 292 g/mol. The number of nitrogens with zero attached hydrogens (tertiary/aromatic N) is 2. The lowest BCUT2D eigenvalue weighted by Gasteiger charge is -2.30. The maximum Gasteiger partial charge on any atom is 0.262 e. The molecule has 0 aliphatic carbocycles. The summed E-state index contributed by atoms with van der Waals surface area (Å²) in [7, 11) is 3.13. The lowest BCUT2D eigenvalue weighted by molar-refractivity contribution is 0.200. The van der Waals surface area contributed by atoms with Crippen LogP contribution in [0.4, 0.5) is 5.69 Å². The molecular weight excluding hydrogens is 280 g/mol. The summed E-state index contributed by atoms with van der Waals surface area (Å²) in [5.74, 6) is 0.418. The van der Waals surface area contributed by atoms with E-state index in [1.807, 2.05) is 4.90 Å². The molecule has 2 rings (SSSR count). The van der Waals surface area contributed by atoms with Gasteiger partial charge in [0.2, 0.25) is 5.88 Å². The molecule has 0 radical (unpaired) electrons. The summed E-state index contributed by atoms with van der Waals surface area (Å²) < 4.78 is 32.9. The molecule has 0 N–H and O–H groups in total. The Morgan fingerprint density at radius 2 is 2.39 bits per heavy atom. The van der Waals surface area contributed by atoms with E-state index in [0.717, 1.165) is 0 Å². The van der Waals surface area contributed by atoms with Crippen molar-refractivity contribution in [2.24, 2.45) is 0 Å². The minimum absolute atomic E-state index is 0.0316. The molecule has 2 heterocycles. The third-order valence-electron chi connectivity index (χ3n) is 2.59. The van der Waals surface area contributed by atoms with E-state index >= 15 is 0 Å². The van der Waals surface area contributed by atoms with Gasteiger partial charge in [-0.1, -0.05) is 0 Å². The summed E-state index contributed by atoms with van der Waals surface area (Å²) in [6, 6.07) is 1.47. The molecule has 0 unspecified atom stereocenters. The van der Waals surface area contributed by atoms with Gasteiger partial charge in [-0.15, -0.1) is 0 Å². The van der Waals surface area contributed by atoms with Crippen molar-refractivity contribution < 1.29 is 17.9 Å². The zero-order chi connectivity index (χ0) is 13.2. The predicted molar refractivity (Wildman–Crippen MR) is 66.9 cm³/mol. The van der Waals surface area contributed by atoms with Gasteiger partial charge >= 0.3 is 0 Å². The molecule has 18 heavy (non-hydrogen) atoms. The zero-order valence-electron chi connectivity index (χ0n) is 9.80. The number of ether oxygens (including phenoxy) is 2. The van der Waals surface area contributed by atoms with E-state index in [1.54, 1.807) is 7.11 Å². The van der Waals surface area contributed by atoms with Gasteiger partial charge < -0.3 is 14.4 Å². The summed E-state index contributed by atoms with van der Waals surface area (Å²) >= 11 is 0. The Kier molecular flexibility index (Phi) is 3.94. The molecule has 1 aliphatic rings. The zero-order valence-corrected chi connectivity index (χ0v) is 11.4. The van der Waals surface area contributed by atoms with E-state index in [1.165, 1.54) is 12.3 Å². The number of fused-ring (bicyclic) bond motifs is 1. The summed E-state index contributed by atoms with van der Waals surface area (Å²) in [6.07, 6.45) is 1.20. The fraction of sp³-hybridized carbons (Fsp3) is 0.500.